The lowest BCUT2D eigenvalue weighted by molar-refractivity contribution is 0.0747. The standard InChI is InChI=1S/C18H28N2O3S/c1-4-13-19(14-15-7-8-15)18(21)16-9-11-17(12-10-16)24(22,23)20(5-2)6-3/h9-12,15H,4-8,13-14H2,1-3H3. The van der Waals surface area contributed by atoms with Gasteiger partial charge in [-0.1, -0.05) is 20.8 Å². The van der Waals surface area contributed by atoms with E-state index in [-0.39, 0.29) is 10.8 Å². The summed E-state index contributed by atoms with van der Waals surface area (Å²) in [5, 5.41) is 0. The lowest BCUT2D eigenvalue weighted by Crippen LogP contribution is -2.33. The van der Waals surface area contributed by atoms with Crippen LogP contribution in [0.2, 0.25) is 0 Å². The van der Waals surface area contributed by atoms with Gasteiger partial charge >= 0.3 is 0 Å². The molecule has 0 unspecified atom stereocenters. The van der Waals surface area contributed by atoms with Crippen LogP contribution >= 0.6 is 0 Å². The van der Waals surface area contributed by atoms with Crippen LogP contribution in [0, 0.1) is 5.92 Å². The number of hydrogen-bond acceptors (Lipinski definition) is 3. The van der Waals surface area contributed by atoms with Crippen molar-refractivity contribution in [2.45, 2.75) is 44.9 Å². The Morgan fingerprint density at radius 2 is 1.67 bits per heavy atom. The third-order valence-electron chi connectivity index (χ3n) is 4.40. The van der Waals surface area contributed by atoms with Gasteiger partial charge in [-0.15, -0.1) is 0 Å². The topological polar surface area (TPSA) is 57.7 Å². The van der Waals surface area contributed by atoms with Crippen molar-refractivity contribution in [2.24, 2.45) is 5.92 Å². The van der Waals surface area contributed by atoms with Crippen molar-refractivity contribution >= 4 is 15.9 Å². The second-order valence-electron chi connectivity index (χ2n) is 6.31. The van der Waals surface area contributed by atoms with Crippen molar-refractivity contribution in [3.8, 4) is 0 Å². The summed E-state index contributed by atoms with van der Waals surface area (Å²) in [6.07, 6.45) is 3.33. The fourth-order valence-electron chi connectivity index (χ4n) is 2.82. The average Bonchev–Trinajstić information content (AvgIpc) is 3.39. The van der Waals surface area contributed by atoms with Crippen LogP contribution in [0.1, 0.15) is 50.4 Å². The molecule has 0 spiro atoms. The number of nitrogens with zero attached hydrogens (tertiary/aromatic N) is 2. The van der Waals surface area contributed by atoms with Gasteiger partial charge in [-0.05, 0) is 49.4 Å². The summed E-state index contributed by atoms with van der Waals surface area (Å²) in [5.41, 5.74) is 0.558. The highest BCUT2D eigenvalue weighted by molar-refractivity contribution is 7.89. The molecule has 1 aliphatic carbocycles. The summed E-state index contributed by atoms with van der Waals surface area (Å²) < 4.78 is 26.4. The zero-order valence-electron chi connectivity index (χ0n) is 14.9. The predicted molar refractivity (Wildman–Crippen MR) is 95.5 cm³/mol. The highest BCUT2D eigenvalue weighted by Gasteiger charge is 2.27. The summed E-state index contributed by atoms with van der Waals surface area (Å²) >= 11 is 0. The van der Waals surface area contributed by atoms with Crippen molar-refractivity contribution in [3.05, 3.63) is 29.8 Å². The van der Waals surface area contributed by atoms with E-state index < -0.39 is 10.0 Å². The molecule has 0 radical (unpaired) electrons. The summed E-state index contributed by atoms with van der Waals surface area (Å²) in [4.78, 5) is 14.8. The van der Waals surface area contributed by atoms with E-state index in [0.29, 0.717) is 24.6 Å². The first kappa shape index (κ1) is 18.9. The van der Waals surface area contributed by atoms with Crippen LogP contribution in [0.15, 0.2) is 29.2 Å². The molecule has 24 heavy (non-hydrogen) atoms. The minimum atomic E-state index is -3.47. The van der Waals surface area contributed by atoms with Crippen LogP contribution in [0.5, 0.6) is 0 Å². The maximum atomic E-state index is 12.7. The van der Waals surface area contributed by atoms with E-state index in [9.17, 15) is 13.2 Å². The Balaban J connectivity index is 2.16. The van der Waals surface area contributed by atoms with Gasteiger partial charge in [0.1, 0.15) is 0 Å². The van der Waals surface area contributed by atoms with Crippen molar-refractivity contribution in [3.63, 3.8) is 0 Å². The predicted octanol–water partition coefficient (Wildman–Crippen LogP) is 2.98. The van der Waals surface area contributed by atoms with Crippen molar-refractivity contribution in [1.82, 2.24) is 9.21 Å². The first-order valence-electron chi connectivity index (χ1n) is 8.83. The van der Waals surface area contributed by atoms with Crippen LogP contribution in [-0.4, -0.2) is 49.7 Å². The number of benzene rings is 1. The fourth-order valence-corrected chi connectivity index (χ4v) is 4.28. The minimum Gasteiger partial charge on any atom is -0.338 e. The molecule has 0 atom stereocenters. The Hall–Kier alpha value is -1.40. The van der Waals surface area contributed by atoms with Crippen molar-refractivity contribution < 1.29 is 13.2 Å². The Kier molecular flexibility index (Phi) is 6.40. The highest BCUT2D eigenvalue weighted by Crippen LogP contribution is 2.30. The molecule has 0 bridgehead atoms. The molecule has 5 nitrogen and oxygen atoms in total. The van der Waals surface area contributed by atoms with Gasteiger partial charge in [-0.25, -0.2) is 8.42 Å². The van der Waals surface area contributed by atoms with E-state index in [1.807, 2.05) is 18.7 Å². The lowest BCUT2D eigenvalue weighted by Gasteiger charge is -2.22. The van der Waals surface area contributed by atoms with Crippen LogP contribution < -0.4 is 0 Å². The normalized spacial score (nSPS) is 14.8. The summed E-state index contributed by atoms with van der Waals surface area (Å²) in [5.74, 6) is 0.637. The van der Waals surface area contributed by atoms with Crippen LogP contribution in [0.3, 0.4) is 0 Å². The monoisotopic (exact) mass is 352 g/mol. The van der Waals surface area contributed by atoms with Gasteiger partial charge in [-0.2, -0.15) is 4.31 Å². The molecule has 1 amide bonds. The molecule has 0 heterocycles. The molecule has 1 aliphatic rings. The van der Waals surface area contributed by atoms with Gasteiger partial charge < -0.3 is 4.90 Å². The largest absolute Gasteiger partial charge is 0.338 e. The first-order valence-corrected chi connectivity index (χ1v) is 10.3. The molecule has 1 saturated carbocycles. The molecule has 1 aromatic carbocycles. The number of amides is 1. The molecular weight excluding hydrogens is 324 g/mol. The third kappa shape index (κ3) is 4.36. The van der Waals surface area contributed by atoms with E-state index in [1.54, 1.807) is 24.3 Å². The number of hydrogen-bond donors (Lipinski definition) is 0. The highest BCUT2D eigenvalue weighted by atomic mass is 32.2. The molecule has 6 heteroatoms. The van der Waals surface area contributed by atoms with Gasteiger partial charge in [0.05, 0.1) is 4.90 Å². The van der Waals surface area contributed by atoms with E-state index >= 15 is 0 Å². The van der Waals surface area contributed by atoms with Crippen LogP contribution in [0.4, 0.5) is 0 Å². The number of sulfonamides is 1. The van der Waals surface area contributed by atoms with Gasteiger partial charge in [0.2, 0.25) is 10.0 Å². The van der Waals surface area contributed by atoms with E-state index in [4.69, 9.17) is 0 Å². The molecular formula is C18H28N2O3S. The van der Waals surface area contributed by atoms with Crippen LogP contribution in [0.25, 0.3) is 0 Å². The van der Waals surface area contributed by atoms with Crippen molar-refractivity contribution in [1.29, 1.82) is 0 Å². The maximum absolute atomic E-state index is 12.7. The molecule has 0 aromatic heterocycles. The van der Waals surface area contributed by atoms with E-state index in [1.165, 1.54) is 17.1 Å². The third-order valence-corrected chi connectivity index (χ3v) is 6.46. The maximum Gasteiger partial charge on any atom is 0.253 e. The first-order chi connectivity index (χ1) is 11.4. The van der Waals surface area contributed by atoms with Crippen molar-refractivity contribution in [2.75, 3.05) is 26.2 Å². The molecule has 134 valence electrons. The summed E-state index contributed by atoms with van der Waals surface area (Å²) in [6, 6.07) is 6.35. The van der Waals surface area contributed by atoms with Gasteiger partial charge in [0.25, 0.3) is 5.91 Å². The SMILES string of the molecule is CCCN(CC1CC1)C(=O)c1ccc(S(=O)(=O)N(CC)CC)cc1. The van der Waals surface area contributed by atoms with Gasteiger partial charge in [0, 0.05) is 31.7 Å². The van der Waals surface area contributed by atoms with E-state index in [2.05, 4.69) is 6.92 Å². The summed E-state index contributed by atoms with van der Waals surface area (Å²) in [7, 11) is -3.47. The minimum absolute atomic E-state index is 0.00413. The van der Waals surface area contributed by atoms with Crippen LogP contribution in [-0.2, 0) is 10.0 Å². The number of rotatable bonds is 9. The molecule has 1 aromatic rings. The summed E-state index contributed by atoms with van der Waals surface area (Å²) in [6.45, 7) is 8.13. The Bertz CT molecular complexity index is 647. The number of carbonyl (C=O) groups is 1. The quantitative estimate of drug-likeness (QED) is 0.686. The number of carbonyl (C=O) groups excluding carboxylic acids is 1. The molecule has 0 aliphatic heterocycles. The Morgan fingerprint density at radius 3 is 2.12 bits per heavy atom. The zero-order chi connectivity index (χ0) is 17.7. The molecule has 0 saturated heterocycles. The average molecular weight is 353 g/mol. The fraction of sp³-hybridized carbons (Fsp3) is 0.611. The van der Waals surface area contributed by atoms with Gasteiger partial charge in [0.15, 0.2) is 0 Å². The second-order valence-corrected chi connectivity index (χ2v) is 8.25. The smallest absolute Gasteiger partial charge is 0.253 e. The Morgan fingerprint density at radius 1 is 1.08 bits per heavy atom. The molecule has 1 fully saturated rings. The second kappa shape index (κ2) is 8.12. The molecule has 0 N–H and O–H groups in total. The lowest BCUT2D eigenvalue weighted by atomic mass is 10.2. The van der Waals surface area contributed by atoms with E-state index in [0.717, 1.165) is 19.5 Å². The zero-order valence-corrected chi connectivity index (χ0v) is 15.7. The molecule has 2 rings (SSSR count). The van der Waals surface area contributed by atoms with Gasteiger partial charge in [-0.3, -0.25) is 4.79 Å². The Labute approximate surface area is 145 Å².